The van der Waals surface area contributed by atoms with Crippen LogP contribution < -0.4 is 13.8 Å². The van der Waals surface area contributed by atoms with Crippen LogP contribution >= 0.6 is 0 Å². The molecular formula is C29H28NO6S-. The van der Waals surface area contributed by atoms with Crippen molar-refractivity contribution in [1.29, 1.82) is 0 Å². The molecule has 0 aliphatic heterocycles. The standard InChI is InChI=1S/C29H29NO6S/c1-19(2)28(29(31)32)30(37(33)34)25-13-10-22(11-14-25)24-12-15-26(27(17-24)35-3)36-18-20-8-9-21-6-4-5-7-23(21)16-20/h4-17,19,28H,18H2,1-3H3,(H,31,32)(H,33,34)/p-1. The Morgan fingerprint density at radius 2 is 1.59 bits per heavy atom. The highest BCUT2D eigenvalue weighted by Gasteiger charge is 2.30. The molecule has 2 atom stereocenters. The second kappa shape index (κ2) is 11.5. The first kappa shape index (κ1) is 26.2. The van der Waals surface area contributed by atoms with Crippen molar-refractivity contribution in [3.05, 3.63) is 90.5 Å². The maximum atomic E-state index is 11.9. The van der Waals surface area contributed by atoms with Gasteiger partial charge in [-0.1, -0.05) is 68.4 Å². The summed E-state index contributed by atoms with van der Waals surface area (Å²) in [5, 5.41) is 11.9. The molecule has 0 saturated carbocycles. The van der Waals surface area contributed by atoms with Crippen LogP contribution in [-0.4, -0.2) is 33.0 Å². The number of hydrogen-bond acceptors (Lipinski definition) is 5. The molecule has 0 heterocycles. The highest BCUT2D eigenvalue weighted by Crippen LogP contribution is 2.34. The molecule has 7 nitrogen and oxygen atoms in total. The van der Waals surface area contributed by atoms with Gasteiger partial charge in [-0.25, -0.2) is 4.79 Å². The van der Waals surface area contributed by atoms with Gasteiger partial charge in [-0.15, -0.1) is 0 Å². The number of rotatable bonds is 10. The number of carboxylic acids is 1. The van der Waals surface area contributed by atoms with Crippen LogP contribution in [0.4, 0.5) is 5.69 Å². The number of methoxy groups -OCH3 is 1. The molecule has 1 N–H and O–H groups in total. The second-order valence-corrected chi connectivity index (χ2v) is 9.78. The quantitative estimate of drug-likeness (QED) is 0.266. The van der Waals surface area contributed by atoms with Crippen molar-refractivity contribution in [1.82, 2.24) is 0 Å². The highest BCUT2D eigenvalue weighted by molar-refractivity contribution is 7.80. The van der Waals surface area contributed by atoms with Crippen molar-refractivity contribution in [3.63, 3.8) is 0 Å². The van der Waals surface area contributed by atoms with Crippen molar-refractivity contribution in [2.45, 2.75) is 26.5 Å². The summed E-state index contributed by atoms with van der Waals surface area (Å²) in [5.41, 5.74) is 2.98. The minimum atomic E-state index is -2.75. The van der Waals surface area contributed by atoms with E-state index in [9.17, 15) is 18.7 Å². The molecule has 0 saturated heterocycles. The fraction of sp³-hybridized carbons (Fsp3) is 0.207. The molecule has 192 valence electrons. The minimum Gasteiger partial charge on any atom is -0.755 e. The van der Waals surface area contributed by atoms with Gasteiger partial charge in [0, 0.05) is 17.0 Å². The van der Waals surface area contributed by atoms with Gasteiger partial charge in [-0.2, -0.15) is 0 Å². The Labute approximate surface area is 218 Å². The zero-order valence-electron chi connectivity index (χ0n) is 20.8. The van der Waals surface area contributed by atoms with E-state index in [1.54, 1.807) is 45.2 Å². The van der Waals surface area contributed by atoms with Gasteiger partial charge in [0.15, 0.2) is 11.5 Å². The summed E-state index contributed by atoms with van der Waals surface area (Å²) in [5.74, 6) is -0.450. The van der Waals surface area contributed by atoms with Crippen LogP contribution in [0.15, 0.2) is 84.9 Å². The molecule has 37 heavy (non-hydrogen) atoms. The van der Waals surface area contributed by atoms with E-state index in [2.05, 4.69) is 24.3 Å². The molecule has 4 aromatic rings. The third-order valence-corrected chi connectivity index (χ3v) is 6.88. The molecule has 0 radical (unpaired) electrons. The summed E-state index contributed by atoms with van der Waals surface area (Å²) in [6.07, 6.45) is 0. The lowest BCUT2D eigenvalue weighted by Gasteiger charge is -2.34. The third-order valence-electron chi connectivity index (χ3n) is 6.12. The van der Waals surface area contributed by atoms with Crippen LogP contribution in [0.2, 0.25) is 0 Å². The minimum absolute atomic E-state index is 0.278. The Hall–Kier alpha value is -3.88. The van der Waals surface area contributed by atoms with Gasteiger partial charge in [0.2, 0.25) is 0 Å². The average Bonchev–Trinajstić information content (AvgIpc) is 2.89. The van der Waals surface area contributed by atoms with Crippen molar-refractivity contribution in [2.75, 3.05) is 11.4 Å². The SMILES string of the molecule is COc1cc(-c2ccc(N(C(C(=O)O)C(C)C)S(=O)[O-])cc2)ccc1OCc1ccc2ccccc2c1. The predicted octanol–water partition coefficient (Wildman–Crippen LogP) is 5.80. The van der Waals surface area contributed by atoms with Crippen molar-refractivity contribution < 1.29 is 28.1 Å². The Morgan fingerprint density at radius 3 is 2.22 bits per heavy atom. The van der Waals surface area contributed by atoms with Gasteiger partial charge >= 0.3 is 5.97 Å². The molecule has 0 spiro atoms. The molecule has 4 aromatic carbocycles. The van der Waals surface area contributed by atoms with E-state index in [1.807, 2.05) is 36.4 Å². The molecule has 2 unspecified atom stereocenters. The monoisotopic (exact) mass is 518 g/mol. The van der Waals surface area contributed by atoms with E-state index in [0.717, 1.165) is 26.4 Å². The lowest BCUT2D eigenvalue weighted by atomic mass is 10.0. The Kier molecular flexibility index (Phi) is 8.11. The molecule has 0 aromatic heterocycles. The molecule has 0 bridgehead atoms. The van der Waals surface area contributed by atoms with E-state index in [1.165, 1.54) is 5.39 Å². The van der Waals surface area contributed by atoms with Gasteiger partial charge in [-0.05, 0) is 63.7 Å². The fourth-order valence-electron chi connectivity index (χ4n) is 4.25. The van der Waals surface area contributed by atoms with Gasteiger partial charge in [-0.3, -0.25) is 8.51 Å². The molecule has 0 aliphatic rings. The second-order valence-electron chi connectivity index (χ2n) is 8.95. The average molecular weight is 519 g/mol. The summed E-state index contributed by atoms with van der Waals surface area (Å²) >= 11 is -2.75. The molecule has 0 amide bonds. The molecular weight excluding hydrogens is 490 g/mol. The number of benzene rings is 4. The number of anilines is 1. The third kappa shape index (κ3) is 5.93. The van der Waals surface area contributed by atoms with Gasteiger partial charge in [0.1, 0.15) is 12.6 Å². The molecule has 0 aliphatic carbocycles. The Bertz CT molecular complexity index is 1420. The number of fused-ring (bicyclic) bond motifs is 1. The lowest BCUT2D eigenvalue weighted by molar-refractivity contribution is -0.139. The predicted molar refractivity (Wildman–Crippen MR) is 144 cm³/mol. The number of carboxylic acid groups (broad SMARTS) is 1. The Balaban J connectivity index is 1.53. The first-order chi connectivity index (χ1) is 17.8. The van der Waals surface area contributed by atoms with Crippen LogP contribution in [0, 0.1) is 5.92 Å². The lowest BCUT2D eigenvalue weighted by Crippen LogP contribution is -2.45. The number of carbonyl (C=O) groups is 1. The largest absolute Gasteiger partial charge is 0.755 e. The smallest absolute Gasteiger partial charge is 0.327 e. The summed E-state index contributed by atoms with van der Waals surface area (Å²) in [6, 6.07) is 25.4. The van der Waals surface area contributed by atoms with E-state index >= 15 is 0 Å². The van der Waals surface area contributed by atoms with Gasteiger partial charge in [0.05, 0.1) is 7.11 Å². The summed E-state index contributed by atoms with van der Waals surface area (Å²) in [6.45, 7) is 3.73. The number of nitrogens with zero attached hydrogens (tertiary/aromatic N) is 1. The summed E-state index contributed by atoms with van der Waals surface area (Å²) in [7, 11) is 1.57. The normalized spacial score (nSPS) is 12.8. The van der Waals surface area contributed by atoms with Crippen LogP contribution in [0.3, 0.4) is 0 Å². The number of ether oxygens (including phenoxy) is 2. The molecule has 8 heteroatoms. The summed E-state index contributed by atoms with van der Waals surface area (Å²) in [4.78, 5) is 11.7. The summed E-state index contributed by atoms with van der Waals surface area (Å²) < 4.78 is 36.3. The van der Waals surface area contributed by atoms with Crippen molar-refractivity contribution in [3.8, 4) is 22.6 Å². The number of aliphatic carboxylic acids is 1. The van der Waals surface area contributed by atoms with Crippen molar-refractivity contribution in [2.24, 2.45) is 5.92 Å². The van der Waals surface area contributed by atoms with E-state index in [4.69, 9.17) is 9.47 Å². The first-order valence-electron chi connectivity index (χ1n) is 11.8. The highest BCUT2D eigenvalue weighted by atomic mass is 32.2. The van der Waals surface area contributed by atoms with E-state index < -0.39 is 29.2 Å². The van der Waals surface area contributed by atoms with Crippen LogP contribution in [0.25, 0.3) is 21.9 Å². The van der Waals surface area contributed by atoms with Gasteiger partial charge < -0.3 is 19.1 Å². The zero-order chi connectivity index (χ0) is 26.5. The van der Waals surface area contributed by atoms with Crippen LogP contribution in [0.1, 0.15) is 19.4 Å². The molecule has 4 rings (SSSR count). The zero-order valence-corrected chi connectivity index (χ0v) is 21.6. The maximum absolute atomic E-state index is 11.9. The fourth-order valence-corrected chi connectivity index (χ4v) is 5.07. The first-order valence-corrected chi connectivity index (χ1v) is 12.8. The molecule has 0 fully saturated rings. The van der Waals surface area contributed by atoms with Crippen LogP contribution in [0.5, 0.6) is 11.5 Å². The van der Waals surface area contributed by atoms with Gasteiger partial charge in [0.25, 0.3) is 0 Å². The topological polar surface area (TPSA) is 99.1 Å². The van der Waals surface area contributed by atoms with E-state index in [0.29, 0.717) is 18.1 Å². The number of hydrogen-bond donors (Lipinski definition) is 1. The van der Waals surface area contributed by atoms with Crippen molar-refractivity contribution >= 4 is 33.7 Å². The Morgan fingerprint density at radius 1 is 0.919 bits per heavy atom. The maximum Gasteiger partial charge on any atom is 0.327 e. The van der Waals surface area contributed by atoms with E-state index in [-0.39, 0.29) is 5.69 Å². The van der Waals surface area contributed by atoms with Crippen LogP contribution in [-0.2, 0) is 22.7 Å².